The van der Waals surface area contributed by atoms with Crippen LogP contribution >= 0.6 is 0 Å². The second-order valence-electron chi connectivity index (χ2n) is 7.83. The predicted octanol–water partition coefficient (Wildman–Crippen LogP) is 3.31. The molecule has 36 heavy (non-hydrogen) atoms. The van der Waals surface area contributed by atoms with E-state index in [1.807, 2.05) is 37.1 Å². The lowest BCUT2D eigenvalue weighted by Gasteiger charge is -2.06. The van der Waals surface area contributed by atoms with Gasteiger partial charge in [0.25, 0.3) is 0 Å². The van der Waals surface area contributed by atoms with Crippen molar-refractivity contribution in [3.63, 3.8) is 0 Å². The van der Waals surface area contributed by atoms with E-state index < -0.39 is 0 Å². The molecule has 3 N–H and O–H groups in total. The lowest BCUT2D eigenvalue weighted by Crippen LogP contribution is -1.94. The van der Waals surface area contributed by atoms with E-state index in [1.165, 1.54) is 33.4 Å². The summed E-state index contributed by atoms with van der Waals surface area (Å²) in [5.41, 5.74) is 9.48. The van der Waals surface area contributed by atoms with Crippen LogP contribution in [0.3, 0.4) is 0 Å². The molecule has 0 unspecified atom stereocenters. The fourth-order valence-corrected chi connectivity index (χ4v) is 3.53. The zero-order valence-corrected chi connectivity index (χ0v) is 21.4. The molecule has 0 saturated carbocycles. The number of hydrogen-bond donors (Lipinski definition) is 3. The third-order valence-corrected chi connectivity index (χ3v) is 5.42. The van der Waals surface area contributed by atoms with E-state index in [0.29, 0.717) is 26.4 Å². The standard InChI is InChI=1S/2C10H12O2.C7H8O.C3H4O/c1-7-2-8(4-11)3-9-5-12-6-10(7)9;1-7-8(4-11)2-3-9-5-12-6-10(7)9;1-3-5-7-8-6-4-2;1-2-3-4/h2*2-3,11H,4-6H2,1H3;2H,6-7H2,1H3;1,4H,3H2. The monoisotopic (exact) mass is 492 g/mol. The summed E-state index contributed by atoms with van der Waals surface area (Å²) in [5.74, 6) is 9.72. The first-order valence-electron chi connectivity index (χ1n) is 11.5. The topological polar surface area (TPSA) is 88.4 Å². The Morgan fingerprint density at radius 3 is 2.11 bits per heavy atom. The number of aliphatic hydroxyl groups is 3. The highest BCUT2D eigenvalue weighted by atomic mass is 16.5. The van der Waals surface area contributed by atoms with Gasteiger partial charge in [-0.1, -0.05) is 42.0 Å². The van der Waals surface area contributed by atoms with Crippen LogP contribution < -0.4 is 0 Å². The molecule has 0 amide bonds. The fourth-order valence-electron chi connectivity index (χ4n) is 3.53. The first-order chi connectivity index (χ1) is 17.5. The Labute approximate surface area is 215 Å². The summed E-state index contributed by atoms with van der Waals surface area (Å²) >= 11 is 0. The molecule has 0 atom stereocenters. The highest BCUT2D eigenvalue weighted by Crippen LogP contribution is 2.26. The van der Waals surface area contributed by atoms with Gasteiger partial charge in [0, 0.05) is 0 Å². The molecule has 0 aromatic heterocycles. The van der Waals surface area contributed by atoms with E-state index in [1.54, 1.807) is 6.92 Å². The Balaban J connectivity index is 0.000000257. The van der Waals surface area contributed by atoms with Crippen molar-refractivity contribution >= 4 is 0 Å². The molecule has 2 heterocycles. The molecule has 2 aliphatic heterocycles. The highest BCUT2D eigenvalue weighted by molar-refractivity contribution is 5.41. The summed E-state index contributed by atoms with van der Waals surface area (Å²) in [4.78, 5) is 0. The van der Waals surface area contributed by atoms with Gasteiger partial charge in [-0.15, -0.1) is 18.8 Å². The Morgan fingerprint density at radius 2 is 1.53 bits per heavy atom. The molecule has 0 spiro atoms. The molecular weight excluding hydrogens is 456 g/mol. The molecule has 0 fully saturated rings. The number of terminal acetylenes is 2. The molecule has 6 heteroatoms. The SMILES string of the molecule is C#CCO.C#CCOCC#CC.Cc1c(CO)ccc2c1COC2.Cc1cc(CO)cc2c1COC2. The summed E-state index contributed by atoms with van der Waals surface area (Å²) in [6, 6.07) is 8.06. The number of aliphatic hydroxyl groups excluding tert-OH is 3. The highest BCUT2D eigenvalue weighted by Gasteiger charge is 2.15. The number of fused-ring (bicyclic) bond motifs is 2. The van der Waals surface area contributed by atoms with E-state index in [0.717, 1.165) is 24.3 Å². The van der Waals surface area contributed by atoms with Crippen LogP contribution in [0.2, 0.25) is 0 Å². The second-order valence-corrected chi connectivity index (χ2v) is 7.83. The van der Waals surface area contributed by atoms with Crippen LogP contribution in [0.15, 0.2) is 24.3 Å². The summed E-state index contributed by atoms with van der Waals surface area (Å²) in [6.45, 7) is 9.61. The number of benzene rings is 2. The lowest BCUT2D eigenvalue weighted by molar-refractivity contribution is 0.134. The van der Waals surface area contributed by atoms with Crippen molar-refractivity contribution in [3.8, 4) is 36.5 Å². The van der Waals surface area contributed by atoms with Crippen molar-refractivity contribution in [1.29, 1.82) is 0 Å². The van der Waals surface area contributed by atoms with Crippen molar-refractivity contribution in [2.24, 2.45) is 0 Å². The van der Waals surface area contributed by atoms with Gasteiger partial charge < -0.3 is 29.5 Å². The van der Waals surface area contributed by atoms with E-state index >= 15 is 0 Å². The maximum Gasteiger partial charge on any atom is 0.109 e. The number of ether oxygens (including phenoxy) is 3. The summed E-state index contributed by atoms with van der Waals surface area (Å²) in [5, 5.41) is 25.6. The van der Waals surface area contributed by atoms with Crippen LogP contribution in [0.1, 0.15) is 51.4 Å². The van der Waals surface area contributed by atoms with Crippen molar-refractivity contribution in [3.05, 3.63) is 68.8 Å². The first-order valence-corrected chi connectivity index (χ1v) is 11.5. The average Bonchev–Trinajstić information content (AvgIpc) is 3.58. The predicted molar refractivity (Wildman–Crippen MR) is 140 cm³/mol. The van der Waals surface area contributed by atoms with E-state index in [-0.39, 0.29) is 19.8 Å². The van der Waals surface area contributed by atoms with Gasteiger partial charge in [0.1, 0.15) is 19.8 Å². The minimum Gasteiger partial charge on any atom is -0.392 e. The van der Waals surface area contributed by atoms with Gasteiger partial charge in [-0.25, -0.2) is 0 Å². The van der Waals surface area contributed by atoms with Gasteiger partial charge in [0.2, 0.25) is 0 Å². The van der Waals surface area contributed by atoms with Crippen LogP contribution in [-0.4, -0.2) is 35.1 Å². The molecule has 192 valence electrons. The third-order valence-electron chi connectivity index (χ3n) is 5.42. The number of rotatable bonds is 4. The van der Waals surface area contributed by atoms with Gasteiger partial charge in [-0.3, -0.25) is 0 Å². The first kappa shape index (κ1) is 30.9. The van der Waals surface area contributed by atoms with Gasteiger partial charge in [0.05, 0.1) is 39.6 Å². The molecular formula is C30H36O6. The molecule has 2 aromatic rings. The van der Waals surface area contributed by atoms with Gasteiger partial charge in [-0.2, -0.15) is 0 Å². The molecule has 6 nitrogen and oxygen atoms in total. The molecule has 0 bridgehead atoms. The van der Waals surface area contributed by atoms with Crippen molar-refractivity contribution in [1.82, 2.24) is 0 Å². The largest absolute Gasteiger partial charge is 0.392 e. The molecule has 2 aromatic carbocycles. The second kappa shape index (κ2) is 18.2. The van der Waals surface area contributed by atoms with Gasteiger partial charge in [0.15, 0.2) is 0 Å². The van der Waals surface area contributed by atoms with Crippen molar-refractivity contribution < 1.29 is 29.5 Å². The summed E-state index contributed by atoms with van der Waals surface area (Å²) < 4.78 is 15.4. The zero-order chi connectivity index (χ0) is 26.8. The maximum atomic E-state index is 9.01. The van der Waals surface area contributed by atoms with Gasteiger partial charge >= 0.3 is 0 Å². The maximum absolute atomic E-state index is 9.01. The fraction of sp³-hybridized carbons (Fsp3) is 0.400. The van der Waals surface area contributed by atoms with Crippen LogP contribution in [0.25, 0.3) is 0 Å². The minimum absolute atomic E-state index is 0.119. The molecule has 2 aliphatic rings. The van der Waals surface area contributed by atoms with Crippen molar-refractivity contribution in [2.75, 3.05) is 19.8 Å². The van der Waals surface area contributed by atoms with E-state index in [2.05, 4.69) is 31.1 Å². The minimum atomic E-state index is -0.153. The van der Waals surface area contributed by atoms with Crippen LogP contribution in [-0.2, 0) is 53.9 Å². The summed E-state index contributed by atoms with van der Waals surface area (Å²) in [7, 11) is 0. The summed E-state index contributed by atoms with van der Waals surface area (Å²) in [6.07, 6.45) is 9.42. The Morgan fingerprint density at radius 1 is 0.861 bits per heavy atom. The Bertz CT molecular complexity index is 1100. The van der Waals surface area contributed by atoms with Crippen LogP contribution in [0.5, 0.6) is 0 Å². The quantitative estimate of drug-likeness (QED) is 0.448. The van der Waals surface area contributed by atoms with Crippen LogP contribution in [0, 0.1) is 50.4 Å². The molecule has 0 radical (unpaired) electrons. The van der Waals surface area contributed by atoms with E-state index in [4.69, 9.17) is 36.0 Å². The van der Waals surface area contributed by atoms with Gasteiger partial charge in [-0.05, 0) is 65.3 Å². The number of aryl methyl sites for hydroxylation is 1. The number of hydrogen-bond acceptors (Lipinski definition) is 6. The average molecular weight is 493 g/mol. The Kier molecular flexibility index (Phi) is 15.6. The van der Waals surface area contributed by atoms with Crippen molar-refractivity contribution in [2.45, 2.75) is 60.4 Å². The molecule has 0 saturated heterocycles. The molecule has 0 aliphatic carbocycles. The lowest BCUT2D eigenvalue weighted by atomic mass is 9.99. The zero-order valence-electron chi connectivity index (χ0n) is 21.4. The normalized spacial score (nSPS) is 11.9. The molecule has 4 rings (SSSR count). The van der Waals surface area contributed by atoms with Crippen LogP contribution in [0.4, 0.5) is 0 Å². The smallest absolute Gasteiger partial charge is 0.109 e. The third kappa shape index (κ3) is 10.2. The Hall–Kier alpha value is -3.12. The van der Waals surface area contributed by atoms with E-state index in [9.17, 15) is 0 Å².